The second-order valence-corrected chi connectivity index (χ2v) is 6.09. The zero-order valence-corrected chi connectivity index (χ0v) is 10.7. The van der Waals surface area contributed by atoms with E-state index in [4.69, 9.17) is 0 Å². The van der Waals surface area contributed by atoms with Gasteiger partial charge in [0.2, 0.25) is 5.91 Å². The minimum Gasteiger partial charge on any atom is -0.352 e. The Hall–Kier alpha value is -0.530. The molecular formula is C12H25NO. The predicted molar refractivity (Wildman–Crippen MR) is 61.1 cm³/mol. The van der Waals surface area contributed by atoms with Crippen molar-refractivity contribution in [3.8, 4) is 0 Å². The van der Waals surface area contributed by atoms with E-state index in [1.165, 1.54) is 0 Å². The lowest BCUT2D eigenvalue weighted by Gasteiger charge is -2.41. The van der Waals surface area contributed by atoms with Crippen LogP contribution in [0.15, 0.2) is 0 Å². The third-order valence-electron chi connectivity index (χ3n) is 2.36. The Morgan fingerprint density at radius 1 is 1.07 bits per heavy atom. The summed E-state index contributed by atoms with van der Waals surface area (Å²) in [6, 6.07) is 0.211. The van der Waals surface area contributed by atoms with Crippen LogP contribution < -0.4 is 5.32 Å². The molecular weight excluding hydrogens is 174 g/mol. The minimum atomic E-state index is 0.100. The van der Waals surface area contributed by atoms with E-state index in [1.54, 1.807) is 0 Å². The molecule has 0 unspecified atom stereocenters. The number of amides is 1. The van der Waals surface area contributed by atoms with Crippen LogP contribution >= 0.6 is 0 Å². The molecule has 0 rings (SSSR count). The van der Waals surface area contributed by atoms with Crippen molar-refractivity contribution < 1.29 is 4.79 Å². The average molecular weight is 199 g/mol. The van der Waals surface area contributed by atoms with Crippen LogP contribution in [0.25, 0.3) is 0 Å². The van der Waals surface area contributed by atoms with E-state index in [-0.39, 0.29) is 22.8 Å². The fraction of sp³-hybridized carbons (Fsp3) is 0.917. The fourth-order valence-electron chi connectivity index (χ4n) is 2.00. The van der Waals surface area contributed by atoms with Gasteiger partial charge in [-0.2, -0.15) is 0 Å². The number of carbonyl (C=O) groups excluding carboxylic acids is 1. The van der Waals surface area contributed by atoms with Crippen molar-refractivity contribution in [2.75, 3.05) is 0 Å². The van der Waals surface area contributed by atoms with E-state index >= 15 is 0 Å². The maximum Gasteiger partial charge on any atom is 0.219 e. The molecule has 84 valence electrons. The molecule has 2 nitrogen and oxygen atoms in total. The van der Waals surface area contributed by atoms with Gasteiger partial charge in [0.05, 0.1) is 0 Å². The van der Waals surface area contributed by atoms with E-state index in [9.17, 15) is 4.79 Å². The highest BCUT2D eigenvalue weighted by Gasteiger charge is 2.35. The molecule has 0 saturated heterocycles. The summed E-state index contributed by atoms with van der Waals surface area (Å²) in [4.78, 5) is 11.4. The Labute approximate surface area is 88.5 Å². The standard InChI is InChI=1S/C12H25NO/c1-8-9(14)13-10(11(2,3)4)12(5,6)7/h10H,8H2,1-7H3,(H,13,14). The molecule has 1 N–H and O–H groups in total. The summed E-state index contributed by atoms with van der Waals surface area (Å²) in [5, 5.41) is 3.11. The van der Waals surface area contributed by atoms with Crippen molar-refractivity contribution in [1.82, 2.24) is 5.32 Å². The highest BCUT2D eigenvalue weighted by molar-refractivity contribution is 5.76. The van der Waals surface area contributed by atoms with Gasteiger partial charge >= 0.3 is 0 Å². The number of nitrogens with one attached hydrogen (secondary N) is 1. The lowest BCUT2D eigenvalue weighted by Crippen LogP contribution is -2.51. The van der Waals surface area contributed by atoms with E-state index in [2.05, 4.69) is 46.9 Å². The fourth-order valence-corrected chi connectivity index (χ4v) is 2.00. The molecule has 0 aliphatic carbocycles. The van der Waals surface area contributed by atoms with Crippen molar-refractivity contribution in [1.29, 1.82) is 0 Å². The van der Waals surface area contributed by atoms with Gasteiger partial charge in [0.1, 0.15) is 0 Å². The zero-order chi connectivity index (χ0) is 11.6. The first kappa shape index (κ1) is 13.5. The Morgan fingerprint density at radius 3 is 1.64 bits per heavy atom. The van der Waals surface area contributed by atoms with Gasteiger partial charge in [-0.15, -0.1) is 0 Å². The molecule has 2 heteroatoms. The van der Waals surface area contributed by atoms with Gasteiger partial charge in [0, 0.05) is 12.5 Å². The van der Waals surface area contributed by atoms with Gasteiger partial charge in [-0.25, -0.2) is 0 Å². The maximum absolute atomic E-state index is 11.4. The second-order valence-electron chi connectivity index (χ2n) is 6.09. The van der Waals surface area contributed by atoms with Crippen LogP contribution in [0.2, 0.25) is 0 Å². The lowest BCUT2D eigenvalue weighted by molar-refractivity contribution is -0.123. The summed E-state index contributed by atoms with van der Waals surface area (Å²) >= 11 is 0. The Kier molecular flexibility index (Phi) is 4.16. The Balaban J connectivity index is 4.68. The molecule has 0 aromatic heterocycles. The molecule has 0 aromatic carbocycles. The molecule has 1 amide bonds. The smallest absolute Gasteiger partial charge is 0.219 e. The van der Waals surface area contributed by atoms with Crippen molar-refractivity contribution in [2.24, 2.45) is 10.8 Å². The summed E-state index contributed by atoms with van der Waals surface area (Å²) < 4.78 is 0. The van der Waals surface area contributed by atoms with Crippen molar-refractivity contribution in [3.05, 3.63) is 0 Å². The minimum absolute atomic E-state index is 0.100. The molecule has 0 bridgehead atoms. The van der Waals surface area contributed by atoms with Crippen molar-refractivity contribution in [3.63, 3.8) is 0 Å². The number of hydrogen-bond acceptors (Lipinski definition) is 1. The summed E-state index contributed by atoms with van der Waals surface area (Å²) in [5.74, 6) is 0.139. The second kappa shape index (κ2) is 4.33. The molecule has 14 heavy (non-hydrogen) atoms. The molecule has 0 atom stereocenters. The first-order chi connectivity index (χ1) is 6.09. The number of rotatable bonds is 2. The SMILES string of the molecule is CCC(=O)NC(C(C)(C)C)C(C)(C)C. The highest BCUT2D eigenvalue weighted by atomic mass is 16.1. The topological polar surface area (TPSA) is 29.1 Å². The summed E-state index contributed by atoms with van der Waals surface area (Å²) in [6.07, 6.45) is 0.558. The third kappa shape index (κ3) is 4.12. The van der Waals surface area contributed by atoms with Crippen LogP contribution in [-0.4, -0.2) is 11.9 Å². The molecule has 0 radical (unpaired) electrons. The average Bonchev–Trinajstić information content (AvgIpc) is 1.95. The van der Waals surface area contributed by atoms with Gasteiger partial charge in [0.15, 0.2) is 0 Å². The van der Waals surface area contributed by atoms with Crippen LogP contribution in [0.1, 0.15) is 54.9 Å². The highest BCUT2D eigenvalue weighted by Crippen LogP contribution is 2.33. The van der Waals surface area contributed by atoms with Gasteiger partial charge in [0.25, 0.3) is 0 Å². The van der Waals surface area contributed by atoms with Crippen LogP contribution in [0.3, 0.4) is 0 Å². The van der Waals surface area contributed by atoms with Gasteiger partial charge in [-0.1, -0.05) is 48.5 Å². The number of carbonyl (C=O) groups is 1. The van der Waals surface area contributed by atoms with Crippen molar-refractivity contribution >= 4 is 5.91 Å². The first-order valence-electron chi connectivity index (χ1n) is 5.38. The van der Waals surface area contributed by atoms with Gasteiger partial charge < -0.3 is 5.32 Å². The Morgan fingerprint density at radius 2 is 1.43 bits per heavy atom. The first-order valence-corrected chi connectivity index (χ1v) is 5.38. The number of hydrogen-bond donors (Lipinski definition) is 1. The molecule has 0 fully saturated rings. The van der Waals surface area contributed by atoms with Gasteiger partial charge in [-0.05, 0) is 10.8 Å². The summed E-state index contributed by atoms with van der Waals surface area (Å²) in [5.41, 5.74) is 0.201. The summed E-state index contributed by atoms with van der Waals surface area (Å²) in [6.45, 7) is 14.9. The Bertz CT molecular complexity index is 181. The largest absolute Gasteiger partial charge is 0.352 e. The monoisotopic (exact) mass is 199 g/mol. The van der Waals surface area contributed by atoms with Gasteiger partial charge in [-0.3, -0.25) is 4.79 Å². The zero-order valence-electron chi connectivity index (χ0n) is 10.7. The molecule has 0 aromatic rings. The molecule has 0 heterocycles. The summed E-state index contributed by atoms with van der Waals surface area (Å²) in [7, 11) is 0. The van der Waals surface area contributed by atoms with E-state index in [1.807, 2.05) is 6.92 Å². The predicted octanol–water partition coefficient (Wildman–Crippen LogP) is 2.97. The van der Waals surface area contributed by atoms with Crippen LogP contribution in [0, 0.1) is 10.8 Å². The molecule has 0 saturated carbocycles. The van der Waals surface area contributed by atoms with E-state index < -0.39 is 0 Å². The van der Waals surface area contributed by atoms with Crippen molar-refractivity contribution in [2.45, 2.75) is 60.9 Å². The van der Waals surface area contributed by atoms with Crippen LogP contribution in [0.4, 0.5) is 0 Å². The quantitative estimate of drug-likeness (QED) is 0.728. The normalized spacial score (nSPS) is 13.1. The van der Waals surface area contributed by atoms with Crippen LogP contribution in [-0.2, 0) is 4.79 Å². The molecule has 0 aliphatic rings. The maximum atomic E-state index is 11.4. The van der Waals surface area contributed by atoms with E-state index in [0.717, 1.165) is 0 Å². The van der Waals surface area contributed by atoms with E-state index in [0.29, 0.717) is 6.42 Å². The third-order valence-corrected chi connectivity index (χ3v) is 2.36. The lowest BCUT2D eigenvalue weighted by atomic mass is 9.72. The molecule has 0 spiro atoms. The molecule has 0 aliphatic heterocycles. The van der Waals surface area contributed by atoms with Crippen LogP contribution in [0.5, 0.6) is 0 Å².